The summed E-state index contributed by atoms with van der Waals surface area (Å²) >= 11 is 5.91. The highest BCUT2D eigenvalue weighted by atomic mass is 35.5. The molecule has 2 atom stereocenters. The molecule has 2 aromatic heterocycles. The van der Waals surface area contributed by atoms with E-state index in [2.05, 4.69) is 19.9 Å². The number of benzene rings is 1. The average molecular weight is 537 g/mol. The molecule has 1 aromatic carbocycles. The second-order valence-corrected chi connectivity index (χ2v) is 9.40. The SMILES string of the molecule is COc1ccc2nc(C(F)(F)F)nc(N3C[C@@H](O)[C@H](N4CCN(C(=O)c5ccc(Cl)cc5)CC4)C3)c2n1. The van der Waals surface area contributed by atoms with Gasteiger partial charge in [-0.3, -0.25) is 9.69 Å². The van der Waals surface area contributed by atoms with Gasteiger partial charge in [-0.1, -0.05) is 11.6 Å². The van der Waals surface area contributed by atoms with Crippen LogP contribution >= 0.6 is 11.6 Å². The summed E-state index contributed by atoms with van der Waals surface area (Å²) in [6.07, 6.45) is -5.57. The topological polar surface area (TPSA) is 94.9 Å². The van der Waals surface area contributed by atoms with Gasteiger partial charge in [0.25, 0.3) is 5.91 Å². The number of pyridine rings is 1. The molecular weight excluding hydrogens is 513 g/mol. The quantitative estimate of drug-likeness (QED) is 0.544. The van der Waals surface area contributed by atoms with Crippen molar-refractivity contribution < 1.29 is 27.8 Å². The lowest BCUT2D eigenvalue weighted by Crippen LogP contribution is -2.54. The lowest BCUT2D eigenvalue weighted by Gasteiger charge is -2.38. The van der Waals surface area contributed by atoms with Crippen molar-refractivity contribution in [1.29, 1.82) is 0 Å². The molecule has 3 aromatic rings. The van der Waals surface area contributed by atoms with Crippen LogP contribution in [0.15, 0.2) is 36.4 Å². The predicted molar refractivity (Wildman–Crippen MR) is 130 cm³/mol. The van der Waals surface area contributed by atoms with Gasteiger partial charge in [-0.05, 0) is 30.3 Å². The van der Waals surface area contributed by atoms with Crippen LogP contribution in [-0.2, 0) is 6.18 Å². The zero-order valence-electron chi connectivity index (χ0n) is 19.8. The van der Waals surface area contributed by atoms with E-state index in [1.807, 2.05) is 0 Å². The van der Waals surface area contributed by atoms with Gasteiger partial charge in [0.1, 0.15) is 5.52 Å². The Morgan fingerprint density at radius 2 is 1.73 bits per heavy atom. The van der Waals surface area contributed by atoms with Gasteiger partial charge in [0.05, 0.1) is 24.8 Å². The van der Waals surface area contributed by atoms with E-state index >= 15 is 0 Å². The molecule has 0 aliphatic carbocycles. The van der Waals surface area contributed by atoms with Gasteiger partial charge in [-0.2, -0.15) is 13.2 Å². The van der Waals surface area contributed by atoms with Crippen LogP contribution in [-0.4, -0.2) is 94.3 Å². The molecule has 196 valence electrons. The summed E-state index contributed by atoms with van der Waals surface area (Å²) in [6.45, 7) is 2.26. The fourth-order valence-corrected chi connectivity index (χ4v) is 4.90. The molecule has 0 saturated carbocycles. The van der Waals surface area contributed by atoms with Gasteiger partial charge in [-0.25, -0.2) is 15.0 Å². The first kappa shape index (κ1) is 25.4. The molecule has 1 N–H and O–H groups in total. The van der Waals surface area contributed by atoms with Crippen LogP contribution in [0.3, 0.4) is 0 Å². The number of alkyl halides is 3. The summed E-state index contributed by atoms with van der Waals surface area (Å²) in [5.74, 6) is -1.16. The molecule has 13 heteroatoms. The van der Waals surface area contributed by atoms with Gasteiger partial charge in [0.2, 0.25) is 11.7 Å². The van der Waals surface area contributed by atoms with Crippen LogP contribution < -0.4 is 9.64 Å². The Balaban J connectivity index is 1.33. The fourth-order valence-electron chi connectivity index (χ4n) is 4.77. The smallest absolute Gasteiger partial charge is 0.451 e. The summed E-state index contributed by atoms with van der Waals surface area (Å²) in [6, 6.07) is 9.19. The van der Waals surface area contributed by atoms with E-state index in [0.29, 0.717) is 36.8 Å². The molecule has 2 aliphatic heterocycles. The minimum absolute atomic E-state index is 0.00525. The normalized spacial score (nSPS) is 21.0. The van der Waals surface area contributed by atoms with Crippen LogP contribution in [0.2, 0.25) is 5.02 Å². The molecule has 2 aliphatic rings. The van der Waals surface area contributed by atoms with Crippen molar-refractivity contribution in [3.63, 3.8) is 0 Å². The zero-order valence-corrected chi connectivity index (χ0v) is 20.6. The minimum Gasteiger partial charge on any atom is -0.481 e. The Morgan fingerprint density at radius 3 is 2.38 bits per heavy atom. The maximum Gasteiger partial charge on any atom is 0.451 e. The number of aliphatic hydroxyl groups is 1. The first-order valence-corrected chi connectivity index (χ1v) is 12.0. The molecule has 5 rings (SSSR count). The molecule has 0 spiro atoms. The van der Waals surface area contributed by atoms with Crippen molar-refractivity contribution in [3.8, 4) is 5.88 Å². The predicted octanol–water partition coefficient (Wildman–Crippen LogP) is 2.71. The second-order valence-electron chi connectivity index (χ2n) is 8.96. The number of amides is 1. The molecule has 37 heavy (non-hydrogen) atoms. The van der Waals surface area contributed by atoms with E-state index in [4.69, 9.17) is 16.3 Å². The number of β-amino-alcohol motifs (C(OH)–C–C–N with tert-alkyl or cyclic N) is 1. The average Bonchev–Trinajstić information content (AvgIpc) is 3.28. The Hall–Kier alpha value is -3.22. The largest absolute Gasteiger partial charge is 0.481 e. The summed E-state index contributed by atoms with van der Waals surface area (Å²) in [7, 11) is 1.41. The summed E-state index contributed by atoms with van der Waals surface area (Å²) in [5, 5.41) is 11.4. The van der Waals surface area contributed by atoms with E-state index in [1.54, 1.807) is 34.1 Å². The number of aliphatic hydroxyl groups excluding tert-OH is 1. The molecule has 2 fully saturated rings. The first-order chi connectivity index (χ1) is 17.6. The Bertz CT molecular complexity index is 1300. The fraction of sp³-hybridized carbons (Fsp3) is 0.417. The van der Waals surface area contributed by atoms with Crippen molar-refractivity contribution >= 4 is 34.4 Å². The summed E-state index contributed by atoms with van der Waals surface area (Å²) in [5.41, 5.74) is 0.743. The molecule has 0 unspecified atom stereocenters. The minimum atomic E-state index is -4.74. The number of methoxy groups -OCH3 is 1. The van der Waals surface area contributed by atoms with Crippen molar-refractivity contribution in [3.05, 3.63) is 52.8 Å². The van der Waals surface area contributed by atoms with Crippen LogP contribution in [0.4, 0.5) is 19.0 Å². The number of aromatic nitrogens is 3. The van der Waals surface area contributed by atoms with Crippen molar-refractivity contribution in [2.24, 2.45) is 0 Å². The number of nitrogens with zero attached hydrogens (tertiary/aromatic N) is 6. The van der Waals surface area contributed by atoms with E-state index in [0.717, 1.165) is 0 Å². The number of ether oxygens (including phenoxy) is 1. The van der Waals surface area contributed by atoms with Crippen molar-refractivity contribution in [2.75, 3.05) is 51.3 Å². The maximum absolute atomic E-state index is 13.5. The third kappa shape index (κ3) is 5.13. The van der Waals surface area contributed by atoms with Crippen molar-refractivity contribution in [2.45, 2.75) is 18.3 Å². The van der Waals surface area contributed by atoms with Gasteiger partial charge >= 0.3 is 6.18 Å². The molecule has 2 saturated heterocycles. The number of anilines is 1. The highest BCUT2D eigenvalue weighted by Crippen LogP contribution is 2.34. The van der Waals surface area contributed by atoms with Gasteiger partial charge in [-0.15, -0.1) is 0 Å². The third-order valence-corrected chi connectivity index (χ3v) is 6.93. The lowest BCUT2D eigenvalue weighted by atomic mass is 10.1. The Labute approximate surface area is 215 Å². The van der Waals surface area contributed by atoms with Gasteiger partial charge < -0.3 is 19.6 Å². The van der Waals surface area contributed by atoms with Gasteiger partial charge in [0.15, 0.2) is 5.82 Å². The Kier molecular flexibility index (Phi) is 6.82. The highest BCUT2D eigenvalue weighted by molar-refractivity contribution is 6.30. The Morgan fingerprint density at radius 1 is 1.03 bits per heavy atom. The lowest BCUT2D eigenvalue weighted by molar-refractivity contribution is -0.144. The number of hydrogen-bond donors (Lipinski definition) is 1. The number of piperazine rings is 1. The maximum atomic E-state index is 13.5. The van der Waals surface area contributed by atoms with E-state index < -0.39 is 18.1 Å². The van der Waals surface area contributed by atoms with Crippen LogP contribution in [0, 0.1) is 0 Å². The number of carbonyl (C=O) groups excluding carboxylic acids is 1. The van der Waals surface area contributed by atoms with Crippen LogP contribution in [0.5, 0.6) is 5.88 Å². The van der Waals surface area contributed by atoms with Crippen molar-refractivity contribution in [1.82, 2.24) is 24.8 Å². The highest BCUT2D eigenvalue weighted by Gasteiger charge is 2.41. The van der Waals surface area contributed by atoms with E-state index in [1.165, 1.54) is 19.2 Å². The third-order valence-electron chi connectivity index (χ3n) is 6.68. The summed E-state index contributed by atoms with van der Waals surface area (Å²) in [4.78, 5) is 29.9. The van der Waals surface area contributed by atoms with Crippen LogP contribution in [0.1, 0.15) is 16.2 Å². The van der Waals surface area contributed by atoms with Gasteiger partial charge in [0, 0.05) is 55.9 Å². The number of halogens is 4. The monoisotopic (exact) mass is 536 g/mol. The van der Waals surface area contributed by atoms with E-state index in [-0.39, 0.29) is 47.8 Å². The number of rotatable bonds is 4. The first-order valence-electron chi connectivity index (χ1n) is 11.7. The summed E-state index contributed by atoms with van der Waals surface area (Å²) < 4.78 is 45.7. The standard InChI is InChI=1S/C24H24ClF3N6O3/c1-37-19-7-6-16-20(30-19)21(31-23(29-16)24(26,27)28)34-12-17(18(35)13-34)32-8-10-33(11-9-32)22(36)14-2-4-15(25)5-3-14/h2-7,17-18,35H,8-13H2,1H3/t17-,18-/m1/s1. The van der Waals surface area contributed by atoms with Crippen LogP contribution in [0.25, 0.3) is 11.0 Å². The molecule has 1 amide bonds. The molecule has 0 bridgehead atoms. The molecule has 4 heterocycles. The zero-order chi connectivity index (χ0) is 26.3. The molecular formula is C24H24ClF3N6O3. The second kappa shape index (κ2) is 9.92. The van der Waals surface area contributed by atoms with E-state index in [9.17, 15) is 23.1 Å². The molecule has 0 radical (unpaired) electrons. The number of fused-ring (bicyclic) bond motifs is 1. The number of hydrogen-bond acceptors (Lipinski definition) is 8. The molecule has 9 nitrogen and oxygen atoms in total. The number of carbonyl (C=O) groups is 1.